The van der Waals surface area contributed by atoms with Crippen molar-refractivity contribution in [2.24, 2.45) is 5.92 Å². The van der Waals surface area contributed by atoms with Crippen molar-refractivity contribution in [1.82, 2.24) is 29.9 Å². The molecule has 144 valence electrons. The highest BCUT2D eigenvalue weighted by Crippen LogP contribution is 2.27. The van der Waals surface area contributed by atoms with Crippen molar-refractivity contribution < 1.29 is 4.79 Å². The SMILES string of the molecule is CN(C(=O)C1CCCN(c2ccc(-n3cncn3)nn2)C1)C1CCCCC1. The van der Waals surface area contributed by atoms with Crippen molar-refractivity contribution in [3.05, 3.63) is 24.8 Å². The van der Waals surface area contributed by atoms with Crippen LogP contribution in [-0.4, -0.2) is 61.9 Å². The summed E-state index contributed by atoms with van der Waals surface area (Å²) in [5.74, 6) is 1.79. The van der Waals surface area contributed by atoms with Gasteiger partial charge in [0.25, 0.3) is 0 Å². The molecule has 0 bridgehead atoms. The van der Waals surface area contributed by atoms with Crippen molar-refractivity contribution >= 4 is 11.7 Å². The molecule has 1 atom stereocenters. The molecule has 0 spiro atoms. The van der Waals surface area contributed by atoms with Crippen LogP contribution in [0.25, 0.3) is 5.82 Å². The van der Waals surface area contributed by atoms with Crippen LogP contribution < -0.4 is 4.90 Å². The van der Waals surface area contributed by atoms with E-state index < -0.39 is 0 Å². The lowest BCUT2D eigenvalue weighted by Gasteiger charge is -2.37. The van der Waals surface area contributed by atoms with Crippen molar-refractivity contribution in [1.29, 1.82) is 0 Å². The summed E-state index contributed by atoms with van der Waals surface area (Å²) in [5.41, 5.74) is 0. The molecule has 1 unspecified atom stereocenters. The van der Waals surface area contributed by atoms with Gasteiger partial charge in [0, 0.05) is 26.2 Å². The fourth-order valence-corrected chi connectivity index (χ4v) is 4.26. The maximum absolute atomic E-state index is 13.0. The summed E-state index contributed by atoms with van der Waals surface area (Å²) in [6, 6.07) is 4.25. The van der Waals surface area contributed by atoms with Gasteiger partial charge in [-0.15, -0.1) is 10.2 Å². The van der Waals surface area contributed by atoms with Crippen LogP contribution in [0.3, 0.4) is 0 Å². The van der Waals surface area contributed by atoms with Crippen LogP contribution in [0.4, 0.5) is 5.82 Å². The molecule has 0 aromatic carbocycles. The summed E-state index contributed by atoms with van der Waals surface area (Å²) in [6.07, 6.45) is 11.1. The van der Waals surface area contributed by atoms with E-state index in [1.165, 1.54) is 25.6 Å². The van der Waals surface area contributed by atoms with Crippen LogP contribution in [0.15, 0.2) is 24.8 Å². The number of hydrogen-bond acceptors (Lipinski definition) is 6. The smallest absolute Gasteiger partial charge is 0.227 e. The highest BCUT2D eigenvalue weighted by molar-refractivity contribution is 5.79. The summed E-state index contributed by atoms with van der Waals surface area (Å²) in [4.78, 5) is 21.2. The van der Waals surface area contributed by atoms with Crippen LogP contribution in [0, 0.1) is 5.92 Å². The highest BCUT2D eigenvalue weighted by Gasteiger charge is 2.31. The third-order valence-electron chi connectivity index (χ3n) is 5.85. The van der Waals surface area contributed by atoms with Crippen LogP contribution in [-0.2, 0) is 4.79 Å². The minimum absolute atomic E-state index is 0.0440. The fourth-order valence-electron chi connectivity index (χ4n) is 4.26. The number of hydrogen-bond donors (Lipinski definition) is 0. The van der Waals surface area contributed by atoms with E-state index in [4.69, 9.17) is 0 Å². The molecule has 3 heterocycles. The van der Waals surface area contributed by atoms with Gasteiger partial charge < -0.3 is 9.80 Å². The molecule has 2 aliphatic rings. The van der Waals surface area contributed by atoms with Gasteiger partial charge >= 0.3 is 0 Å². The van der Waals surface area contributed by atoms with E-state index in [9.17, 15) is 4.79 Å². The Labute approximate surface area is 159 Å². The Hall–Kier alpha value is -2.51. The molecule has 2 fully saturated rings. The quantitative estimate of drug-likeness (QED) is 0.821. The Kier molecular flexibility index (Phi) is 5.31. The van der Waals surface area contributed by atoms with Crippen LogP contribution in [0.5, 0.6) is 0 Å². The lowest BCUT2D eigenvalue weighted by atomic mass is 9.91. The Balaban J connectivity index is 1.40. The zero-order chi connectivity index (χ0) is 18.6. The minimum atomic E-state index is 0.0440. The van der Waals surface area contributed by atoms with E-state index in [0.717, 1.165) is 38.0 Å². The summed E-state index contributed by atoms with van der Waals surface area (Å²) in [6.45, 7) is 1.63. The molecule has 1 saturated heterocycles. The monoisotopic (exact) mass is 369 g/mol. The zero-order valence-electron chi connectivity index (χ0n) is 15.9. The van der Waals surface area contributed by atoms with Crippen LogP contribution in [0.2, 0.25) is 0 Å². The van der Waals surface area contributed by atoms with Gasteiger partial charge in [-0.05, 0) is 37.8 Å². The number of amides is 1. The van der Waals surface area contributed by atoms with Gasteiger partial charge in [-0.3, -0.25) is 4.79 Å². The predicted molar refractivity (Wildman–Crippen MR) is 102 cm³/mol. The van der Waals surface area contributed by atoms with Gasteiger partial charge in [0.1, 0.15) is 12.7 Å². The van der Waals surface area contributed by atoms with Crippen molar-refractivity contribution in [2.45, 2.75) is 51.0 Å². The molecule has 2 aromatic heterocycles. The van der Waals surface area contributed by atoms with E-state index in [2.05, 4.69) is 25.2 Å². The molecular formula is C19H27N7O. The molecule has 8 nitrogen and oxygen atoms in total. The third kappa shape index (κ3) is 3.94. The summed E-state index contributed by atoms with van der Waals surface area (Å²) >= 11 is 0. The van der Waals surface area contributed by atoms with Gasteiger partial charge in [-0.25, -0.2) is 9.67 Å². The average molecular weight is 369 g/mol. The van der Waals surface area contributed by atoms with Gasteiger partial charge in [0.15, 0.2) is 11.6 Å². The number of rotatable bonds is 4. The van der Waals surface area contributed by atoms with Gasteiger partial charge in [0.2, 0.25) is 5.91 Å². The van der Waals surface area contributed by atoms with Crippen molar-refractivity contribution in [3.8, 4) is 5.82 Å². The molecule has 2 aromatic rings. The van der Waals surface area contributed by atoms with E-state index >= 15 is 0 Å². The normalized spacial score (nSPS) is 21.2. The maximum Gasteiger partial charge on any atom is 0.227 e. The molecule has 8 heteroatoms. The average Bonchev–Trinajstić information content (AvgIpc) is 3.28. The summed E-state index contributed by atoms with van der Waals surface area (Å²) in [7, 11) is 1.99. The number of nitrogens with zero attached hydrogens (tertiary/aromatic N) is 7. The number of carbonyl (C=O) groups excluding carboxylic acids is 1. The largest absolute Gasteiger partial charge is 0.354 e. The van der Waals surface area contributed by atoms with Crippen molar-refractivity contribution in [3.63, 3.8) is 0 Å². The Morgan fingerprint density at radius 1 is 1.07 bits per heavy atom. The number of anilines is 1. The molecular weight excluding hydrogens is 342 g/mol. The molecule has 1 amide bonds. The first-order valence-corrected chi connectivity index (χ1v) is 9.93. The molecule has 1 saturated carbocycles. The molecule has 1 aliphatic heterocycles. The summed E-state index contributed by atoms with van der Waals surface area (Å²) < 4.78 is 1.58. The van der Waals surface area contributed by atoms with Gasteiger partial charge in [0.05, 0.1) is 5.92 Å². The topological polar surface area (TPSA) is 80.0 Å². The second kappa shape index (κ2) is 8.02. The number of carbonyl (C=O) groups is 1. The Morgan fingerprint density at radius 3 is 2.56 bits per heavy atom. The maximum atomic E-state index is 13.0. The number of aromatic nitrogens is 5. The standard InChI is InChI=1S/C19H27N7O/c1-24(16-7-3-2-4-8-16)19(27)15-6-5-11-25(12-15)17-9-10-18(23-22-17)26-14-20-13-21-26/h9-10,13-16H,2-8,11-12H2,1H3. The Morgan fingerprint density at radius 2 is 1.85 bits per heavy atom. The fraction of sp³-hybridized carbons (Fsp3) is 0.632. The molecule has 1 aliphatic carbocycles. The van der Waals surface area contributed by atoms with E-state index in [1.54, 1.807) is 11.0 Å². The lowest BCUT2D eigenvalue weighted by molar-refractivity contribution is -0.137. The Bertz CT molecular complexity index is 740. The zero-order valence-corrected chi connectivity index (χ0v) is 15.9. The lowest BCUT2D eigenvalue weighted by Crippen LogP contribution is -2.47. The van der Waals surface area contributed by atoms with Gasteiger partial charge in [-0.2, -0.15) is 5.10 Å². The second-order valence-electron chi connectivity index (χ2n) is 7.62. The second-order valence-corrected chi connectivity index (χ2v) is 7.62. The van der Waals surface area contributed by atoms with E-state index in [1.807, 2.05) is 24.1 Å². The first-order valence-electron chi connectivity index (χ1n) is 9.93. The minimum Gasteiger partial charge on any atom is -0.354 e. The molecule has 0 N–H and O–H groups in total. The van der Waals surface area contributed by atoms with E-state index in [0.29, 0.717) is 24.3 Å². The van der Waals surface area contributed by atoms with Crippen molar-refractivity contribution in [2.75, 3.05) is 25.0 Å². The molecule has 27 heavy (non-hydrogen) atoms. The summed E-state index contributed by atoms with van der Waals surface area (Å²) in [5, 5.41) is 12.7. The molecule has 4 rings (SSSR count). The number of piperidine rings is 1. The highest BCUT2D eigenvalue weighted by atomic mass is 16.2. The molecule has 0 radical (unpaired) electrons. The first-order chi connectivity index (χ1) is 13.2. The van der Waals surface area contributed by atoms with Gasteiger partial charge in [-0.1, -0.05) is 19.3 Å². The van der Waals surface area contributed by atoms with E-state index in [-0.39, 0.29) is 5.92 Å². The first kappa shape index (κ1) is 17.9. The van der Waals surface area contributed by atoms with Crippen LogP contribution in [0.1, 0.15) is 44.9 Å². The third-order valence-corrected chi connectivity index (χ3v) is 5.85. The van der Waals surface area contributed by atoms with Crippen LogP contribution >= 0.6 is 0 Å². The predicted octanol–water partition coefficient (Wildman–Crippen LogP) is 2.06.